The van der Waals surface area contributed by atoms with Gasteiger partial charge in [0.1, 0.15) is 18.3 Å². The number of aromatic nitrogens is 3. The van der Waals surface area contributed by atoms with E-state index < -0.39 is 10.0 Å². The number of anilines is 3. The zero-order chi connectivity index (χ0) is 38.6. The Morgan fingerprint density at radius 2 is 1.82 bits per heavy atom. The minimum absolute atomic E-state index is 0.00596. The van der Waals surface area contributed by atoms with Gasteiger partial charge in [-0.15, -0.1) is 0 Å². The van der Waals surface area contributed by atoms with E-state index in [1.165, 1.54) is 5.56 Å². The van der Waals surface area contributed by atoms with Crippen LogP contribution in [0.2, 0.25) is 0 Å². The minimum atomic E-state index is -0.697. The largest absolute Gasteiger partial charge is 0.377 e. The molecule has 0 aliphatic carbocycles. The fraction of sp³-hybridized carbons (Fsp3) is 0.619. The molecule has 12 nitrogen and oxygen atoms in total. The maximum absolute atomic E-state index is 13.5. The summed E-state index contributed by atoms with van der Waals surface area (Å²) in [6.07, 6.45) is 15.4. The van der Waals surface area contributed by atoms with Crippen molar-refractivity contribution in [2.45, 2.75) is 57.9 Å². The molecule has 6 aliphatic heterocycles. The van der Waals surface area contributed by atoms with E-state index in [0.29, 0.717) is 51.4 Å². The first-order valence-electron chi connectivity index (χ1n) is 20.0. The summed E-state index contributed by atoms with van der Waals surface area (Å²) in [6, 6.07) is 14.8. The van der Waals surface area contributed by atoms with Crippen LogP contribution in [-0.4, -0.2) is 147 Å². The van der Waals surface area contributed by atoms with Crippen molar-refractivity contribution in [3.8, 4) is 11.3 Å². The fourth-order valence-corrected chi connectivity index (χ4v) is 7.84. The molecule has 8 heterocycles. The molecule has 0 spiro atoms. The number of hydrogen-bond acceptors (Lipinski definition) is 12. The quantitative estimate of drug-likeness (QED) is 0.219. The summed E-state index contributed by atoms with van der Waals surface area (Å²) < 4.78 is 24.3. The molecule has 0 radical (unpaired) electrons. The molecule has 8 bridgehead atoms. The molecule has 302 valence electrons. The highest BCUT2D eigenvalue weighted by Gasteiger charge is 2.30. The summed E-state index contributed by atoms with van der Waals surface area (Å²) in [5.74, 6) is 2.79. The number of ketones is 1. The Kier molecular flexibility index (Phi) is 15.3. The molecule has 0 N–H and O–H groups in total. The van der Waals surface area contributed by atoms with Crippen LogP contribution in [0.1, 0.15) is 44.6 Å². The first kappa shape index (κ1) is 41.5. The van der Waals surface area contributed by atoms with Crippen LogP contribution in [0.15, 0.2) is 54.9 Å². The number of ether oxygens (including phenoxy) is 4. The van der Waals surface area contributed by atoms with Crippen molar-refractivity contribution in [1.29, 1.82) is 0 Å². The lowest BCUT2D eigenvalue weighted by Gasteiger charge is -2.41. The third kappa shape index (κ3) is 12.7. The van der Waals surface area contributed by atoms with Gasteiger partial charge < -0.3 is 23.8 Å². The lowest BCUT2D eigenvalue weighted by Crippen LogP contribution is -2.55. The van der Waals surface area contributed by atoms with Gasteiger partial charge in [-0.25, -0.2) is 25.0 Å². The number of rotatable bonds is 11. The predicted molar refractivity (Wildman–Crippen MR) is 223 cm³/mol. The van der Waals surface area contributed by atoms with Crippen LogP contribution < -0.4 is 9.80 Å². The molecule has 5 unspecified atom stereocenters. The minimum Gasteiger partial charge on any atom is -0.377 e. The van der Waals surface area contributed by atoms with E-state index >= 15 is 0 Å². The SMILES string of the molecule is CC1CCCN(C)c2ccc(cn2)-c2ccnc(n2)N(COCCS(C)(C)C)c2cccc(c2)CN2CCN(CC1=O)CC2COCCOC1CCCCO1. The van der Waals surface area contributed by atoms with Crippen LogP contribution in [0.4, 0.5) is 17.5 Å². The van der Waals surface area contributed by atoms with E-state index in [9.17, 15) is 4.79 Å². The molecular weight excluding hydrogens is 715 g/mol. The van der Waals surface area contributed by atoms with E-state index in [1.807, 2.05) is 24.5 Å². The van der Waals surface area contributed by atoms with E-state index in [2.05, 4.69) is 82.7 Å². The normalized spacial score (nSPS) is 24.6. The average molecular weight is 778 g/mol. The number of carbonyl (C=O) groups excluding carboxylic acids is 1. The summed E-state index contributed by atoms with van der Waals surface area (Å²) in [6.45, 7) is 9.89. The zero-order valence-corrected chi connectivity index (χ0v) is 34.6. The third-order valence-electron chi connectivity index (χ3n) is 10.7. The number of Topliss-reactive ketones (excluding diaryl/α,β-unsaturated/α-hetero) is 1. The molecule has 55 heavy (non-hydrogen) atoms. The Hall–Kier alpha value is -3.17. The van der Waals surface area contributed by atoms with Crippen LogP contribution in [0.3, 0.4) is 0 Å². The van der Waals surface area contributed by atoms with Crippen molar-refractivity contribution >= 4 is 33.3 Å². The Morgan fingerprint density at radius 3 is 2.62 bits per heavy atom. The van der Waals surface area contributed by atoms with Crippen molar-refractivity contribution in [3.63, 3.8) is 0 Å². The molecule has 2 aromatic heterocycles. The smallest absolute Gasteiger partial charge is 0.232 e. The van der Waals surface area contributed by atoms with Crippen LogP contribution >= 0.6 is 10.0 Å². The standard InChI is InChI=1S/C42H63N7O5S/c1-33-10-9-18-46(2)40-15-14-35(27-44-40)38-16-17-43-42(45-38)49(32-52-24-25-55(3,4)5)36-12-8-11-34(26-36)28-48-20-19-47(30-39(33)50)29-37(48)31-51-22-23-54-41-13-6-7-21-53-41/h8,11-12,14-17,26-27,33,37,41H,6-7,9-10,13,18-25,28-32H2,1-5H3. The van der Waals surface area contributed by atoms with Crippen molar-refractivity contribution in [2.75, 3.05) is 114 Å². The first-order chi connectivity index (χ1) is 26.6. The number of piperazine rings is 1. The Morgan fingerprint density at radius 1 is 0.927 bits per heavy atom. The van der Waals surface area contributed by atoms with Gasteiger partial charge in [-0.05, 0) is 86.8 Å². The van der Waals surface area contributed by atoms with Crippen LogP contribution in [0, 0.1) is 5.92 Å². The summed E-state index contributed by atoms with van der Waals surface area (Å²) in [5, 5.41) is 0. The van der Waals surface area contributed by atoms with E-state index in [-0.39, 0.29) is 18.2 Å². The van der Waals surface area contributed by atoms with Gasteiger partial charge in [0.15, 0.2) is 6.29 Å². The molecule has 0 amide bonds. The second-order valence-electron chi connectivity index (χ2n) is 16.1. The van der Waals surface area contributed by atoms with Gasteiger partial charge in [-0.2, -0.15) is 0 Å². The number of benzene rings is 1. The number of hydrogen-bond donors (Lipinski definition) is 0. The van der Waals surface area contributed by atoms with E-state index in [4.69, 9.17) is 33.9 Å². The monoisotopic (exact) mass is 777 g/mol. The molecule has 13 heteroatoms. The predicted octanol–water partition coefficient (Wildman–Crippen LogP) is 5.83. The Bertz CT molecular complexity index is 1640. The lowest BCUT2D eigenvalue weighted by atomic mass is 9.99. The van der Waals surface area contributed by atoms with Gasteiger partial charge >= 0.3 is 0 Å². The zero-order valence-electron chi connectivity index (χ0n) is 33.7. The highest BCUT2D eigenvalue weighted by molar-refractivity contribution is 8.32. The fourth-order valence-electron chi connectivity index (χ4n) is 7.23. The van der Waals surface area contributed by atoms with Gasteiger partial charge in [0, 0.05) is 87.7 Å². The van der Waals surface area contributed by atoms with Crippen molar-refractivity contribution in [2.24, 2.45) is 5.92 Å². The van der Waals surface area contributed by atoms with Gasteiger partial charge in [0.25, 0.3) is 0 Å². The third-order valence-corrected chi connectivity index (χ3v) is 12.1. The topological polar surface area (TPSA) is 106 Å². The van der Waals surface area contributed by atoms with Crippen LogP contribution in [0.5, 0.6) is 0 Å². The molecule has 0 saturated carbocycles. The van der Waals surface area contributed by atoms with E-state index in [1.54, 1.807) is 0 Å². The Balaban J connectivity index is 1.24. The maximum atomic E-state index is 13.5. The van der Waals surface area contributed by atoms with Gasteiger partial charge in [-0.1, -0.05) is 19.1 Å². The lowest BCUT2D eigenvalue weighted by molar-refractivity contribution is -0.170. The average Bonchev–Trinajstić information content (AvgIpc) is 3.18. The van der Waals surface area contributed by atoms with Crippen molar-refractivity contribution in [1.82, 2.24) is 24.8 Å². The maximum Gasteiger partial charge on any atom is 0.232 e. The Labute approximate surface area is 330 Å². The molecule has 6 aliphatic rings. The van der Waals surface area contributed by atoms with Gasteiger partial charge in [0.2, 0.25) is 5.95 Å². The summed E-state index contributed by atoms with van der Waals surface area (Å²) in [5.41, 5.74) is 3.88. The molecule has 2 fully saturated rings. The number of nitrogens with zero attached hydrogens (tertiary/aromatic N) is 7. The highest BCUT2D eigenvalue weighted by Crippen LogP contribution is 2.34. The highest BCUT2D eigenvalue weighted by atomic mass is 32.3. The van der Waals surface area contributed by atoms with Gasteiger partial charge in [0.05, 0.1) is 38.7 Å². The van der Waals surface area contributed by atoms with Crippen molar-refractivity contribution in [3.05, 3.63) is 60.4 Å². The van der Waals surface area contributed by atoms with Crippen LogP contribution in [0.25, 0.3) is 11.3 Å². The molecule has 1 aromatic carbocycles. The molecule has 5 atom stereocenters. The first-order valence-corrected chi connectivity index (χ1v) is 23.0. The summed E-state index contributed by atoms with van der Waals surface area (Å²) in [7, 11) is 1.36. The number of carbonyl (C=O) groups is 1. The summed E-state index contributed by atoms with van der Waals surface area (Å²) in [4.78, 5) is 37.2. The molecule has 3 aromatic rings. The van der Waals surface area contributed by atoms with Gasteiger partial charge in [-0.3, -0.25) is 19.5 Å². The van der Waals surface area contributed by atoms with Crippen LogP contribution in [-0.2, 0) is 30.3 Å². The number of pyridine rings is 1. The van der Waals surface area contributed by atoms with E-state index in [0.717, 1.165) is 100.0 Å². The second kappa shape index (κ2) is 20.3. The molecule has 2 saturated heterocycles. The summed E-state index contributed by atoms with van der Waals surface area (Å²) >= 11 is 0. The molecule has 9 rings (SSSR count). The van der Waals surface area contributed by atoms with Crippen molar-refractivity contribution < 1.29 is 23.7 Å². The second-order valence-corrected chi connectivity index (χ2v) is 20.7. The molecular formula is C42H63N7O5S.